The molecule has 1 saturated heterocycles. The van der Waals surface area contributed by atoms with Gasteiger partial charge >= 0.3 is 11.4 Å². The number of hydrogen-bond donors (Lipinski definition) is 5. The van der Waals surface area contributed by atoms with Gasteiger partial charge in [-0.1, -0.05) is 0 Å². The minimum Gasteiger partial charge on any atom is -0.497 e. The number of imidazole rings is 1. The van der Waals surface area contributed by atoms with Gasteiger partial charge in [-0.2, -0.15) is 0 Å². The number of phenolic OH excluding ortho intramolecular Hbond substituents is 1. The summed E-state index contributed by atoms with van der Waals surface area (Å²) >= 11 is 0. The van der Waals surface area contributed by atoms with E-state index in [9.17, 15) is 40.6 Å². The zero-order valence-corrected chi connectivity index (χ0v) is 17.2. The van der Waals surface area contributed by atoms with Crippen molar-refractivity contribution in [3.63, 3.8) is 0 Å². The van der Waals surface area contributed by atoms with Crippen molar-refractivity contribution in [2.24, 2.45) is 0 Å². The van der Waals surface area contributed by atoms with Crippen LogP contribution < -0.4 is 5.73 Å². The van der Waals surface area contributed by atoms with Crippen molar-refractivity contribution in [3.8, 4) is 5.75 Å². The van der Waals surface area contributed by atoms with E-state index in [1.165, 1.54) is 17.2 Å². The van der Waals surface area contributed by atoms with Gasteiger partial charge in [-0.05, 0) is 0 Å². The van der Waals surface area contributed by atoms with Crippen LogP contribution in [0.25, 0.3) is 11.2 Å². The summed E-state index contributed by atoms with van der Waals surface area (Å²) in [6, 6.07) is 0.894. The van der Waals surface area contributed by atoms with Gasteiger partial charge in [0.15, 0.2) is 17.7 Å². The van der Waals surface area contributed by atoms with Crippen LogP contribution in [-0.4, -0.2) is 79.6 Å². The molecule has 19 nitrogen and oxygen atoms in total. The number of aliphatic hydroxyl groups excluding tert-OH is 3. The Balaban J connectivity index is 0.000000199. The van der Waals surface area contributed by atoms with Gasteiger partial charge < -0.3 is 30.9 Å². The monoisotopic (exact) mass is 496 g/mol. The number of rotatable bonds is 5. The Kier molecular flexibility index (Phi) is 6.96. The molecule has 4 unspecified atom stereocenters. The number of nitrogen functional groups attached to an aromatic ring is 1. The highest BCUT2D eigenvalue weighted by molar-refractivity contribution is 5.81. The lowest BCUT2D eigenvalue weighted by Gasteiger charge is -2.16. The van der Waals surface area contributed by atoms with E-state index in [1.807, 2.05) is 0 Å². The Morgan fingerprint density at radius 1 is 1.00 bits per heavy atom. The van der Waals surface area contributed by atoms with Crippen molar-refractivity contribution in [3.05, 3.63) is 55.1 Å². The summed E-state index contributed by atoms with van der Waals surface area (Å²) in [5.74, 6) is -0.990. The number of nitro benzene ring substituents is 3. The molecule has 1 aliphatic heterocycles. The van der Waals surface area contributed by atoms with Crippen LogP contribution in [0.4, 0.5) is 22.9 Å². The number of nitrogens with zero attached hydrogens (tertiary/aromatic N) is 7. The molecule has 0 spiro atoms. The van der Waals surface area contributed by atoms with E-state index < -0.39 is 68.7 Å². The van der Waals surface area contributed by atoms with Gasteiger partial charge in [-0.15, -0.1) is 0 Å². The van der Waals surface area contributed by atoms with Gasteiger partial charge in [0.1, 0.15) is 30.2 Å². The quantitative estimate of drug-likeness (QED) is 0.212. The number of aromatic hydroxyl groups is 1. The second-order valence-corrected chi connectivity index (χ2v) is 6.92. The van der Waals surface area contributed by atoms with Crippen molar-refractivity contribution in [2.45, 2.75) is 24.5 Å². The molecule has 35 heavy (non-hydrogen) atoms. The number of anilines is 1. The molecule has 3 heterocycles. The number of fused-ring (bicyclic) bond motifs is 1. The highest BCUT2D eigenvalue weighted by atomic mass is 16.6. The van der Waals surface area contributed by atoms with E-state index in [4.69, 9.17) is 20.7 Å². The molecule has 3 aromatic rings. The van der Waals surface area contributed by atoms with Gasteiger partial charge in [0, 0.05) is 0 Å². The number of benzene rings is 1. The maximum atomic E-state index is 10.4. The van der Waals surface area contributed by atoms with Crippen LogP contribution in [0.2, 0.25) is 0 Å². The summed E-state index contributed by atoms with van der Waals surface area (Å²) in [5, 5.41) is 69.0. The number of aliphatic hydroxyl groups is 3. The molecule has 1 aromatic carbocycles. The maximum absolute atomic E-state index is 10.4. The summed E-state index contributed by atoms with van der Waals surface area (Å²) in [5.41, 5.74) is 3.44. The molecule has 0 amide bonds. The van der Waals surface area contributed by atoms with Gasteiger partial charge in [0.25, 0.3) is 11.4 Å². The lowest BCUT2D eigenvalue weighted by atomic mass is 10.1. The Labute approximate surface area is 192 Å². The van der Waals surface area contributed by atoms with E-state index >= 15 is 0 Å². The predicted octanol–water partition coefficient (Wildman–Crippen LogP) is -0.863. The van der Waals surface area contributed by atoms with Crippen LogP contribution in [0.3, 0.4) is 0 Å². The molecular weight excluding hydrogens is 480 g/mol. The van der Waals surface area contributed by atoms with Gasteiger partial charge in [0.05, 0.1) is 39.8 Å². The molecular formula is C16H16N8O11. The first-order valence-corrected chi connectivity index (χ1v) is 9.33. The molecule has 1 fully saturated rings. The standard InChI is InChI=1S/C10H13N5O4.C6H3N3O7/c11-8-5-9(13-2-12-8)15(3-14-5)10-7(18)6(17)4(1-16)19-10;10-6-4(8(13)14)1-3(7(11)12)2-5(6)9(15)16/h2-4,6-7,10,16-18H,1H2,(H2,11,12,13);1-2,10H. The SMILES string of the molecule is Nc1ncnc2c1ncn2C1OC(CO)C(O)C1O.O=[N+]([O-])c1cc([N+](=O)[O-])c(O)c([N+](=O)[O-])c1. The third-order valence-electron chi connectivity index (χ3n) is 4.84. The summed E-state index contributed by atoms with van der Waals surface area (Å²) in [7, 11) is 0. The Morgan fingerprint density at radius 2 is 1.60 bits per heavy atom. The number of non-ortho nitro benzene ring substituents is 1. The van der Waals surface area contributed by atoms with Gasteiger partial charge in [0.2, 0.25) is 0 Å². The number of phenols is 1. The molecule has 1 aliphatic rings. The molecule has 0 bridgehead atoms. The first-order chi connectivity index (χ1) is 16.5. The van der Waals surface area contributed by atoms with E-state index in [2.05, 4.69) is 15.0 Å². The summed E-state index contributed by atoms with van der Waals surface area (Å²) in [6.45, 7) is -0.390. The van der Waals surface area contributed by atoms with Crippen molar-refractivity contribution in [2.75, 3.05) is 12.3 Å². The number of nitrogens with two attached hydrogens (primary N) is 1. The fraction of sp³-hybridized carbons (Fsp3) is 0.312. The van der Waals surface area contributed by atoms with Crippen molar-refractivity contribution in [1.82, 2.24) is 19.5 Å². The van der Waals surface area contributed by atoms with Gasteiger partial charge in [-0.25, -0.2) is 15.0 Å². The smallest absolute Gasteiger partial charge is 0.324 e. The molecule has 0 aliphatic carbocycles. The fourth-order valence-electron chi connectivity index (χ4n) is 3.14. The molecule has 0 saturated carbocycles. The molecule has 6 N–H and O–H groups in total. The van der Waals surface area contributed by atoms with E-state index in [0.29, 0.717) is 23.3 Å². The minimum absolute atomic E-state index is 0.218. The van der Waals surface area contributed by atoms with Crippen LogP contribution in [0.5, 0.6) is 5.75 Å². The lowest BCUT2D eigenvalue weighted by molar-refractivity contribution is -0.404. The highest BCUT2D eigenvalue weighted by Gasteiger charge is 2.44. The van der Waals surface area contributed by atoms with Crippen LogP contribution >= 0.6 is 0 Å². The largest absolute Gasteiger partial charge is 0.497 e. The van der Waals surface area contributed by atoms with Gasteiger partial charge in [-0.3, -0.25) is 34.9 Å². The molecule has 186 valence electrons. The molecule has 2 aromatic heterocycles. The number of aromatic nitrogens is 4. The zero-order valence-electron chi connectivity index (χ0n) is 17.2. The van der Waals surface area contributed by atoms with Crippen LogP contribution in [0.15, 0.2) is 24.8 Å². The number of hydrogen-bond acceptors (Lipinski definition) is 15. The van der Waals surface area contributed by atoms with Crippen molar-refractivity contribution in [1.29, 1.82) is 0 Å². The van der Waals surface area contributed by atoms with Crippen molar-refractivity contribution >= 4 is 34.0 Å². The average Bonchev–Trinajstić information content (AvgIpc) is 3.35. The Hall–Kier alpha value is -4.59. The summed E-state index contributed by atoms with van der Waals surface area (Å²) in [4.78, 5) is 39.7. The third-order valence-corrected chi connectivity index (χ3v) is 4.84. The molecule has 4 atom stereocenters. The lowest BCUT2D eigenvalue weighted by Crippen LogP contribution is -2.33. The average molecular weight is 496 g/mol. The Bertz CT molecular complexity index is 1260. The zero-order chi connectivity index (χ0) is 26.0. The summed E-state index contributed by atoms with van der Waals surface area (Å²) < 4.78 is 6.85. The van der Waals surface area contributed by atoms with Crippen LogP contribution in [0, 0.1) is 30.3 Å². The topological polar surface area (TPSA) is 289 Å². The normalized spacial score (nSPS) is 21.3. The molecule has 4 rings (SSSR count). The number of ether oxygens (including phenoxy) is 1. The summed E-state index contributed by atoms with van der Waals surface area (Å²) in [6.07, 6.45) is -1.42. The molecule has 0 radical (unpaired) electrons. The third kappa shape index (κ3) is 4.72. The first-order valence-electron chi connectivity index (χ1n) is 9.33. The van der Waals surface area contributed by atoms with Crippen molar-refractivity contribution < 1.29 is 39.9 Å². The first kappa shape index (κ1) is 25.0. The van der Waals surface area contributed by atoms with E-state index in [0.717, 1.165) is 0 Å². The maximum Gasteiger partial charge on any atom is 0.324 e. The second kappa shape index (κ2) is 9.72. The Morgan fingerprint density at radius 3 is 2.09 bits per heavy atom. The fourth-order valence-corrected chi connectivity index (χ4v) is 3.14. The number of nitro groups is 3. The van der Waals surface area contributed by atoms with E-state index in [1.54, 1.807) is 0 Å². The highest BCUT2D eigenvalue weighted by Crippen LogP contribution is 2.39. The molecule has 19 heteroatoms. The minimum atomic E-state index is -1.21. The second-order valence-electron chi connectivity index (χ2n) is 6.92. The van der Waals surface area contributed by atoms with Crippen LogP contribution in [-0.2, 0) is 4.74 Å². The van der Waals surface area contributed by atoms with E-state index in [-0.39, 0.29) is 5.82 Å². The predicted molar refractivity (Wildman–Crippen MR) is 111 cm³/mol. The van der Waals surface area contributed by atoms with Crippen LogP contribution in [0.1, 0.15) is 6.23 Å².